The molecule has 0 saturated heterocycles. The molecule has 2 aromatic carbocycles. The van der Waals surface area contributed by atoms with Crippen molar-refractivity contribution in [1.82, 2.24) is 31.9 Å². The van der Waals surface area contributed by atoms with Gasteiger partial charge in [-0.15, -0.1) is 0 Å². The van der Waals surface area contributed by atoms with Gasteiger partial charge in [0.25, 0.3) is 0 Å². The lowest BCUT2D eigenvalue weighted by Gasteiger charge is -2.25. The smallest absolute Gasteiger partial charge is 0.313 e. The molecule has 0 bridgehead atoms. The maximum Gasteiger partial charge on any atom is 0.313 e. The molecule has 9 N–H and O–H groups in total. The first-order chi connectivity index (χ1) is 28.8. The summed E-state index contributed by atoms with van der Waals surface area (Å²) in [4.78, 5) is 109. The quantitative estimate of drug-likeness (QED) is 0.111. The van der Waals surface area contributed by atoms with Gasteiger partial charge in [0.15, 0.2) is 5.78 Å². The van der Waals surface area contributed by atoms with Gasteiger partial charge in [-0.2, -0.15) is 0 Å². The van der Waals surface area contributed by atoms with Crippen LogP contribution in [0, 0.1) is 0 Å². The first kappa shape index (κ1) is 53.8. The summed E-state index contributed by atoms with van der Waals surface area (Å²) in [6, 6.07) is 10.4. The second-order valence-electron chi connectivity index (χ2n) is 16.6. The molecule has 5 atom stereocenters. The maximum atomic E-state index is 12.4. The molecule has 0 aliphatic carbocycles. The van der Waals surface area contributed by atoms with E-state index >= 15 is 0 Å². The van der Waals surface area contributed by atoms with Crippen LogP contribution in [0.1, 0.15) is 106 Å². The van der Waals surface area contributed by atoms with Gasteiger partial charge in [0.1, 0.15) is 12.1 Å². The van der Waals surface area contributed by atoms with E-state index in [1.807, 2.05) is 65.8 Å². The highest BCUT2D eigenvalue weighted by molar-refractivity contribution is 6.40. The molecule has 18 heteroatoms. The predicted octanol–water partition coefficient (Wildman–Crippen LogP) is 1.85. The molecule has 0 aromatic heterocycles. The Bertz CT molecular complexity index is 1920. The van der Waals surface area contributed by atoms with E-state index < -0.39 is 71.6 Å². The van der Waals surface area contributed by atoms with E-state index in [0.29, 0.717) is 17.8 Å². The summed E-state index contributed by atoms with van der Waals surface area (Å²) in [5.74, 6) is -6.11. The Balaban J connectivity index is 0.000000620. The van der Waals surface area contributed by atoms with Crippen molar-refractivity contribution in [3.05, 3.63) is 59.7 Å². The molecule has 0 heterocycles. The van der Waals surface area contributed by atoms with Crippen molar-refractivity contribution < 1.29 is 48.3 Å². The van der Waals surface area contributed by atoms with E-state index in [-0.39, 0.29) is 41.8 Å². The van der Waals surface area contributed by atoms with Crippen LogP contribution in [-0.4, -0.2) is 103 Å². The van der Waals surface area contributed by atoms with E-state index in [1.54, 1.807) is 38.1 Å². The third-order valence-corrected chi connectivity index (χ3v) is 9.48. The van der Waals surface area contributed by atoms with Gasteiger partial charge in [0, 0.05) is 38.3 Å². The van der Waals surface area contributed by atoms with Crippen LogP contribution >= 0.6 is 0 Å². The number of carbonyl (C=O) groups is 9. The number of nitrogens with one attached hydrogen (secondary N) is 8. The van der Waals surface area contributed by atoms with E-state index in [1.165, 1.54) is 27.9 Å². The summed E-state index contributed by atoms with van der Waals surface area (Å²) in [6.45, 7) is 18.1. The van der Waals surface area contributed by atoms with Gasteiger partial charge in [-0.05, 0) is 54.4 Å². The van der Waals surface area contributed by atoms with Gasteiger partial charge in [-0.25, -0.2) is 0 Å². The first-order valence-electron chi connectivity index (χ1n) is 20.5. The van der Waals surface area contributed by atoms with E-state index in [2.05, 4.69) is 42.5 Å². The molecule has 8 amide bonds. The lowest BCUT2D eigenvalue weighted by Crippen LogP contribution is -2.53. The monoisotopic (exact) mass is 866 g/mol. The average molecular weight is 867 g/mol. The number of amides is 8. The highest BCUT2D eigenvalue weighted by Crippen LogP contribution is 2.30. The number of benzene rings is 2. The molecule has 1 unspecified atom stereocenters. The van der Waals surface area contributed by atoms with E-state index in [4.69, 9.17) is 0 Å². The van der Waals surface area contributed by atoms with Crippen molar-refractivity contribution in [3.8, 4) is 0 Å². The van der Waals surface area contributed by atoms with Crippen molar-refractivity contribution in [2.45, 2.75) is 136 Å². The zero-order valence-electron chi connectivity index (χ0n) is 38.0. The molecule has 0 fully saturated rings. The van der Waals surface area contributed by atoms with Crippen molar-refractivity contribution in [1.29, 1.82) is 0 Å². The van der Waals surface area contributed by atoms with Crippen molar-refractivity contribution in [3.63, 3.8) is 0 Å². The van der Waals surface area contributed by atoms with Gasteiger partial charge >= 0.3 is 23.6 Å². The number of anilines is 2. The standard InChI is InChI=1S/C22H34N4O5.C22H32N4O5/c2*1-7-17(27)16(12-18(28)23-6)26-19(29)13(2)24-20(30)21(31)25-15-11-9-8-10-14(15)22(3,4)5/h8-11,13,16-17,27H,7,12H2,1-6H3,(H,23,28)(H,24,30)(H,25,31)(H,26,29);8-11,13,16H,7,12H2,1-6H3,(H,23,28)(H,24,30)(H,25,31)(H,26,29)/t13-,16-,17?;13-,16-/m00/s1. The van der Waals surface area contributed by atoms with Gasteiger partial charge in [-0.3, -0.25) is 43.2 Å². The zero-order chi connectivity index (χ0) is 47.5. The number of hydrogen-bond acceptors (Lipinski definition) is 10. The topological polar surface area (TPSA) is 270 Å². The number of aliphatic hydroxyl groups excluding tert-OH is 1. The lowest BCUT2D eigenvalue weighted by molar-refractivity contribution is -0.138. The molecular weight excluding hydrogens is 801 g/mol. The fourth-order valence-electron chi connectivity index (χ4n) is 5.76. The number of ketones is 1. The minimum atomic E-state index is -1.09. The van der Waals surface area contributed by atoms with Gasteiger partial charge < -0.3 is 47.6 Å². The summed E-state index contributed by atoms with van der Waals surface area (Å²) < 4.78 is 0. The van der Waals surface area contributed by atoms with Crippen molar-refractivity contribution in [2.75, 3.05) is 24.7 Å². The zero-order valence-corrected chi connectivity index (χ0v) is 38.0. The molecule has 0 saturated carbocycles. The Hall–Kier alpha value is -6.17. The molecule has 0 radical (unpaired) electrons. The molecule has 0 aliphatic rings. The summed E-state index contributed by atoms with van der Waals surface area (Å²) in [5, 5.41) is 29.7. The third kappa shape index (κ3) is 17.8. The highest BCUT2D eigenvalue weighted by Gasteiger charge is 2.29. The van der Waals surface area contributed by atoms with Crippen LogP contribution in [-0.2, 0) is 54.0 Å². The van der Waals surface area contributed by atoms with E-state index in [0.717, 1.165) is 11.1 Å². The highest BCUT2D eigenvalue weighted by atomic mass is 16.3. The molecule has 18 nitrogen and oxygen atoms in total. The van der Waals surface area contributed by atoms with Crippen LogP contribution in [0.3, 0.4) is 0 Å². The van der Waals surface area contributed by atoms with E-state index in [9.17, 15) is 48.3 Å². The Labute approximate surface area is 364 Å². The maximum absolute atomic E-state index is 12.4. The number of carbonyl (C=O) groups excluding carboxylic acids is 9. The molecule has 0 aliphatic heterocycles. The number of para-hydroxylation sites is 2. The fraction of sp³-hybridized carbons (Fsp3) is 0.523. The van der Waals surface area contributed by atoms with Crippen LogP contribution in [0.25, 0.3) is 0 Å². The van der Waals surface area contributed by atoms with Crippen LogP contribution in [0.15, 0.2) is 48.5 Å². The minimum Gasteiger partial charge on any atom is -0.391 e. The molecule has 0 spiro atoms. The lowest BCUT2D eigenvalue weighted by atomic mass is 9.86. The molecule has 2 rings (SSSR count). The second-order valence-corrected chi connectivity index (χ2v) is 16.6. The van der Waals surface area contributed by atoms with Gasteiger partial charge in [-0.1, -0.05) is 91.8 Å². The number of hydrogen-bond donors (Lipinski definition) is 9. The Morgan fingerprint density at radius 2 is 0.952 bits per heavy atom. The normalized spacial score (nSPS) is 13.4. The largest absolute Gasteiger partial charge is 0.391 e. The SMILES string of the molecule is CCC(=O)[C@H](CC(=O)NC)NC(=O)[C@H](C)NC(=O)C(=O)Nc1ccccc1C(C)(C)C.CCC(O)[C@H](CC(=O)NC)NC(=O)[C@H](C)NC(=O)C(=O)Nc1ccccc1C(C)(C)C. The number of Topliss-reactive ketones (excluding diaryl/α,β-unsaturated/α-hetero) is 1. The van der Waals surface area contributed by atoms with Crippen LogP contribution in [0.2, 0.25) is 0 Å². The first-order valence-corrected chi connectivity index (χ1v) is 20.5. The van der Waals surface area contributed by atoms with Gasteiger partial charge in [0.2, 0.25) is 23.6 Å². The van der Waals surface area contributed by atoms with Crippen molar-refractivity contribution >= 4 is 64.4 Å². The fourth-order valence-corrected chi connectivity index (χ4v) is 5.76. The van der Waals surface area contributed by atoms with Crippen molar-refractivity contribution in [2.24, 2.45) is 0 Å². The van der Waals surface area contributed by atoms with Crippen LogP contribution < -0.4 is 42.5 Å². The predicted molar refractivity (Wildman–Crippen MR) is 236 cm³/mol. The summed E-state index contributed by atoms with van der Waals surface area (Å²) in [5.41, 5.74) is 2.26. The Kier molecular flexibility index (Phi) is 21.7. The summed E-state index contributed by atoms with van der Waals surface area (Å²) in [7, 11) is 2.88. The Morgan fingerprint density at radius 3 is 1.32 bits per heavy atom. The summed E-state index contributed by atoms with van der Waals surface area (Å²) in [6.07, 6.45) is -0.778. The average Bonchev–Trinajstić information content (AvgIpc) is 3.21. The third-order valence-electron chi connectivity index (χ3n) is 9.48. The molecule has 2 aromatic rings. The van der Waals surface area contributed by atoms with Gasteiger partial charge in [0.05, 0.1) is 24.6 Å². The molecule has 62 heavy (non-hydrogen) atoms. The second kappa shape index (κ2) is 24.9. The minimum absolute atomic E-state index is 0.109. The Morgan fingerprint density at radius 1 is 0.565 bits per heavy atom. The number of rotatable bonds is 16. The molecule has 342 valence electrons. The summed E-state index contributed by atoms with van der Waals surface area (Å²) >= 11 is 0. The van der Waals surface area contributed by atoms with Crippen LogP contribution in [0.4, 0.5) is 11.4 Å². The molecular formula is C44H66N8O10. The van der Waals surface area contributed by atoms with Crippen LogP contribution in [0.5, 0.6) is 0 Å². The number of aliphatic hydroxyl groups is 1.